The van der Waals surface area contributed by atoms with Crippen LogP contribution in [-0.2, 0) is 17.0 Å². The van der Waals surface area contributed by atoms with Crippen molar-refractivity contribution in [2.24, 2.45) is 0 Å². The molecule has 0 atom stereocenters. The molecule has 0 radical (unpaired) electrons. The standard InChI is InChI=1S/C45H36F6N2/c1-43(2,3)27-15-17-31-29-11-7-9-13-35(29)52(37(31)23-27)39-21-26(25-19-33(46)42(48)34(47)20-25)22-40(41(39)45(49,50)51)53-36-14-10-8-12-30(36)32-18-16-28(24-38(32)53)44(4,5)6/h7-24H,1-6H3. The Morgan fingerprint density at radius 3 is 1.21 bits per heavy atom. The van der Waals surface area contributed by atoms with Crippen LogP contribution in [0.3, 0.4) is 0 Å². The van der Waals surface area contributed by atoms with Gasteiger partial charge < -0.3 is 9.13 Å². The lowest BCUT2D eigenvalue weighted by Crippen LogP contribution is -2.17. The van der Waals surface area contributed by atoms with E-state index in [1.54, 1.807) is 33.4 Å². The van der Waals surface area contributed by atoms with E-state index in [1.807, 2.05) is 102 Å². The first-order valence-electron chi connectivity index (χ1n) is 17.4. The van der Waals surface area contributed by atoms with Gasteiger partial charge in [-0.1, -0.05) is 102 Å². The Balaban J connectivity index is 1.61. The summed E-state index contributed by atoms with van der Waals surface area (Å²) in [7, 11) is 0. The zero-order chi connectivity index (χ0) is 37.8. The van der Waals surface area contributed by atoms with E-state index in [-0.39, 0.29) is 33.3 Å². The van der Waals surface area contributed by atoms with Crippen molar-refractivity contribution in [3.63, 3.8) is 0 Å². The van der Waals surface area contributed by atoms with Crippen LogP contribution in [0.15, 0.2) is 109 Å². The highest BCUT2D eigenvalue weighted by Crippen LogP contribution is 2.47. The van der Waals surface area contributed by atoms with Crippen molar-refractivity contribution in [2.45, 2.75) is 58.5 Å². The number of hydrogen-bond acceptors (Lipinski definition) is 0. The Kier molecular flexibility index (Phi) is 7.67. The molecule has 2 aromatic heterocycles. The number of alkyl halides is 3. The molecule has 6 aromatic carbocycles. The van der Waals surface area contributed by atoms with E-state index in [1.165, 1.54) is 12.1 Å². The normalized spacial score (nSPS) is 12.9. The average molecular weight is 719 g/mol. The van der Waals surface area contributed by atoms with Gasteiger partial charge in [0.15, 0.2) is 17.5 Å². The molecule has 0 fully saturated rings. The molecule has 0 saturated carbocycles. The molecule has 0 saturated heterocycles. The van der Waals surface area contributed by atoms with Crippen LogP contribution in [0.1, 0.15) is 58.2 Å². The summed E-state index contributed by atoms with van der Waals surface area (Å²) in [4.78, 5) is 0. The molecule has 0 unspecified atom stereocenters. The zero-order valence-corrected chi connectivity index (χ0v) is 30.1. The smallest absolute Gasteiger partial charge is 0.309 e. The second-order valence-corrected chi connectivity index (χ2v) is 15.8. The second-order valence-electron chi connectivity index (χ2n) is 15.8. The Hall–Kier alpha value is -5.50. The largest absolute Gasteiger partial charge is 0.420 e. The van der Waals surface area contributed by atoms with Gasteiger partial charge in [0.2, 0.25) is 0 Å². The minimum Gasteiger partial charge on any atom is -0.309 e. The molecule has 0 aliphatic heterocycles. The van der Waals surface area contributed by atoms with Crippen LogP contribution in [0.5, 0.6) is 0 Å². The number of benzene rings is 6. The topological polar surface area (TPSA) is 9.86 Å². The van der Waals surface area contributed by atoms with Crippen LogP contribution < -0.4 is 0 Å². The van der Waals surface area contributed by atoms with Crippen LogP contribution >= 0.6 is 0 Å². The van der Waals surface area contributed by atoms with Gasteiger partial charge in [-0.25, -0.2) is 13.2 Å². The molecule has 0 spiro atoms. The second kappa shape index (κ2) is 11.8. The lowest BCUT2D eigenvalue weighted by molar-refractivity contribution is -0.137. The third-order valence-electron chi connectivity index (χ3n) is 10.3. The van der Waals surface area contributed by atoms with E-state index in [2.05, 4.69) is 0 Å². The fourth-order valence-electron chi connectivity index (χ4n) is 7.54. The lowest BCUT2D eigenvalue weighted by Gasteiger charge is -2.24. The summed E-state index contributed by atoms with van der Waals surface area (Å²) in [5, 5.41) is 2.99. The minimum absolute atomic E-state index is 0.0802. The third kappa shape index (κ3) is 5.58. The van der Waals surface area contributed by atoms with Gasteiger partial charge in [0.05, 0.1) is 33.4 Å². The summed E-state index contributed by atoms with van der Waals surface area (Å²) >= 11 is 0. The number of hydrogen-bond donors (Lipinski definition) is 0. The summed E-state index contributed by atoms with van der Waals surface area (Å²) in [5.74, 6) is -4.54. The molecule has 53 heavy (non-hydrogen) atoms. The monoisotopic (exact) mass is 718 g/mol. The summed E-state index contributed by atoms with van der Waals surface area (Å²) in [6.45, 7) is 12.2. The maximum atomic E-state index is 16.1. The van der Waals surface area contributed by atoms with Crippen molar-refractivity contribution in [1.29, 1.82) is 0 Å². The lowest BCUT2D eigenvalue weighted by atomic mass is 9.86. The molecule has 0 amide bonds. The molecule has 2 heterocycles. The first-order valence-corrected chi connectivity index (χ1v) is 17.4. The van der Waals surface area contributed by atoms with Gasteiger partial charge in [-0.2, -0.15) is 13.2 Å². The molecule has 2 nitrogen and oxygen atoms in total. The Morgan fingerprint density at radius 1 is 0.434 bits per heavy atom. The number of rotatable bonds is 3. The number of fused-ring (bicyclic) bond motifs is 6. The van der Waals surface area contributed by atoms with E-state index in [0.29, 0.717) is 22.1 Å². The van der Waals surface area contributed by atoms with Crippen LogP contribution in [0, 0.1) is 17.5 Å². The maximum Gasteiger partial charge on any atom is 0.420 e. The van der Waals surface area contributed by atoms with E-state index in [0.717, 1.165) is 44.8 Å². The molecular weight excluding hydrogens is 682 g/mol. The fourth-order valence-corrected chi connectivity index (χ4v) is 7.54. The molecule has 8 heteroatoms. The van der Waals surface area contributed by atoms with Gasteiger partial charge in [-0.3, -0.25) is 0 Å². The molecule has 8 aromatic rings. The average Bonchev–Trinajstić information content (AvgIpc) is 3.61. The summed E-state index contributed by atoms with van der Waals surface area (Å²) in [6, 6.07) is 30.4. The van der Waals surface area contributed by atoms with E-state index >= 15 is 13.2 Å². The molecular formula is C45H36F6N2. The zero-order valence-electron chi connectivity index (χ0n) is 30.1. The number of halogens is 6. The molecule has 0 bridgehead atoms. The van der Waals surface area contributed by atoms with Crippen molar-refractivity contribution in [3.05, 3.63) is 143 Å². The highest BCUT2D eigenvalue weighted by atomic mass is 19.4. The van der Waals surface area contributed by atoms with Crippen molar-refractivity contribution in [1.82, 2.24) is 9.13 Å². The van der Waals surface area contributed by atoms with E-state index < -0.39 is 29.2 Å². The highest BCUT2D eigenvalue weighted by molar-refractivity contribution is 6.11. The Morgan fingerprint density at radius 2 is 0.811 bits per heavy atom. The Bertz CT molecular complexity index is 2590. The molecule has 268 valence electrons. The van der Waals surface area contributed by atoms with Crippen LogP contribution in [0.25, 0.3) is 66.1 Å². The quantitative estimate of drug-likeness (QED) is 0.127. The van der Waals surface area contributed by atoms with Gasteiger partial charge >= 0.3 is 6.18 Å². The van der Waals surface area contributed by atoms with Gasteiger partial charge in [0.25, 0.3) is 0 Å². The number of para-hydroxylation sites is 2. The van der Waals surface area contributed by atoms with Gasteiger partial charge in [-0.15, -0.1) is 0 Å². The van der Waals surface area contributed by atoms with Crippen LogP contribution in [0.4, 0.5) is 26.3 Å². The van der Waals surface area contributed by atoms with Gasteiger partial charge in [0, 0.05) is 21.5 Å². The van der Waals surface area contributed by atoms with Crippen molar-refractivity contribution in [3.8, 4) is 22.5 Å². The molecule has 0 N–H and O–H groups in total. The fraction of sp³-hybridized carbons (Fsp3) is 0.200. The molecule has 0 aliphatic rings. The molecule has 8 rings (SSSR count). The van der Waals surface area contributed by atoms with Gasteiger partial charge in [0.1, 0.15) is 5.56 Å². The first kappa shape index (κ1) is 34.6. The number of aromatic nitrogens is 2. The number of nitrogens with zero attached hydrogens (tertiary/aromatic N) is 2. The molecule has 0 aliphatic carbocycles. The summed E-state index contributed by atoms with van der Waals surface area (Å²) in [5.41, 5.74) is 1.89. The van der Waals surface area contributed by atoms with Crippen molar-refractivity contribution >= 4 is 43.6 Å². The van der Waals surface area contributed by atoms with E-state index in [4.69, 9.17) is 0 Å². The van der Waals surface area contributed by atoms with E-state index in [9.17, 15) is 13.2 Å². The van der Waals surface area contributed by atoms with Crippen LogP contribution in [0.2, 0.25) is 0 Å². The summed E-state index contributed by atoms with van der Waals surface area (Å²) in [6.07, 6.45) is -4.92. The highest BCUT2D eigenvalue weighted by Gasteiger charge is 2.40. The van der Waals surface area contributed by atoms with Gasteiger partial charge in [-0.05, 0) is 81.6 Å². The minimum atomic E-state index is -4.92. The predicted molar refractivity (Wildman–Crippen MR) is 203 cm³/mol. The first-order chi connectivity index (χ1) is 24.9. The summed E-state index contributed by atoms with van der Waals surface area (Å²) < 4.78 is 95.7. The maximum absolute atomic E-state index is 16.1. The third-order valence-corrected chi connectivity index (χ3v) is 10.3. The SMILES string of the molecule is CC(C)(C)c1ccc2c3ccccc3n(-c3cc(-c4cc(F)c(F)c(F)c4)cc(-n4c5ccccc5c5ccc(C(C)(C)C)cc54)c3C(F)(F)F)c2c1. The van der Waals surface area contributed by atoms with Crippen molar-refractivity contribution in [2.75, 3.05) is 0 Å². The van der Waals surface area contributed by atoms with Crippen molar-refractivity contribution < 1.29 is 26.3 Å². The predicted octanol–water partition coefficient (Wildman–Crippen LogP) is 13.6. The Labute approximate surface area is 302 Å². The van der Waals surface area contributed by atoms with Crippen LogP contribution in [-0.4, -0.2) is 9.13 Å².